The number of fused-ring (bicyclic) bond motifs is 1. The molecule has 0 N–H and O–H groups in total. The van der Waals surface area contributed by atoms with Crippen molar-refractivity contribution < 1.29 is 0 Å². The van der Waals surface area contributed by atoms with Gasteiger partial charge in [-0.1, -0.05) is 53.7 Å². The van der Waals surface area contributed by atoms with Crippen LogP contribution in [-0.4, -0.2) is 15.3 Å². The van der Waals surface area contributed by atoms with Gasteiger partial charge in [0.2, 0.25) is 0 Å². The maximum Gasteiger partial charge on any atom is 0.262 e. The Labute approximate surface area is 155 Å². The van der Waals surface area contributed by atoms with Gasteiger partial charge in [-0.3, -0.25) is 9.36 Å². The molecule has 0 radical (unpaired) electrons. The molecule has 0 aliphatic rings. The molecule has 0 saturated heterocycles. The fraction of sp³-hybridized carbons (Fsp3) is 0.211. The largest absolute Gasteiger partial charge is 0.283 e. The van der Waals surface area contributed by atoms with Crippen LogP contribution in [0.5, 0.6) is 0 Å². The van der Waals surface area contributed by atoms with Gasteiger partial charge in [-0.25, -0.2) is 4.98 Å². The first-order chi connectivity index (χ1) is 12.2. The maximum atomic E-state index is 13.0. The van der Waals surface area contributed by atoms with E-state index in [4.69, 9.17) is 16.9 Å². The molecule has 3 aromatic rings. The molecule has 0 saturated carbocycles. The van der Waals surface area contributed by atoms with Crippen molar-refractivity contribution in [2.24, 2.45) is 0 Å². The summed E-state index contributed by atoms with van der Waals surface area (Å²) in [6.45, 7) is 0.372. The summed E-state index contributed by atoms with van der Waals surface area (Å²) in [5.74, 6) is 0.737. The van der Waals surface area contributed by atoms with Crippen LogP contribution in [0, 0.1) is 11.3 Å². The first-order valence-electron chi connectivity index (χ1n) is 7.93. The van der Waals surface area contributed by atoms with E-state index in [0.29, 0.717) is 34.0 Å². The second-order valence-corrected chi connectivity index (χ2v) is 6.97. The molecule has 0 unspecified atom stereocenters. The van der Waals surface area contributed by atoms with Gasteiger partial charge in [-0.05, 0) is 30.2 Å². The van der Waals surface area contributed by atoms with Crippen molar-refractivity contribution in [2.75, 3.05) is 5.75 Å². The van der Waals surface area contributed by atoms with E-state index in [1.807, 2.05) is 42.5 Å². The summed E-state index contributed by atoms with van der Waals surface area (Å²) < 4.78 is 1.67. The molecular formula is C19H16ClN3OS. The molecule has 0 amide bonds. The third-order valence-corrected chi connectivity index (χ3v) is 5.21. The average molecular weight is 370 g/mol. The molecule has 6 heteroatoms. The predicted molar refractivity (Wildman–Crippen MR) is 102 cm³/mol. The number of rotatable bonds is 6. The Kier molecular flexibility index (Phi) is 5.75. The number of thioether (sulfide) groups is 1. The zero-order chi connectivity index (χ0) is 17.6. The summed E-state index contributed by atoms with van der Waals surface area (Å²) in [6.07, 6.45) is 1.26. The third-order valence-electron chi connectivity index (χ3n) is 3.78. The number of aromatic nitrogens is 2. The van der Waals surface area contributed by atoms with E-state index >= 15 is 0 Å². The van der Waals surface area contributed by atoms with Crippen molar-refractivity contribution in [1.82, 2.24) is 9.55 Å². The number of hydrogen-bond acceptors (Lipinski definition) is 4. The van der Waals surface area contributed by atoms with Crippen LogP contribution in [0.3, 0.4) is 0 Å². The highest BCUT2D eigenvalue weighted by Gasteiger charge is 2.13. The zero-order valence-electron chi connectivity index (χ0n) is 13.5. The van der Waals surface area contributed by atoms with Crippen LogP contribution >= 0.6 is 23.4 Å². The summed E-state index contributed by atoms with van der Waals surface area (Å²) in [4.78, 5) is 17.6. The number of nitrogens with zero attached hydrogens (tertiary/aromatic N) is 3. The van der Waals surface area contributed by atoms with Crippen LogP contribution in [0.4, 0.5) is 0 Å². The number of halogens is 1. The van der Waals surface area contributed by atoms with Gasteiger partial charge < -0.3 is 0 Å². The van der Waals surface area contributed by atoms with Crippen molar-refractivity contribution >= 4 is 34.3 Å². The molecule has 0 atom stereocenters. The predicted octanol–water partition coefficient (Wildman–Crippen LogP) is 4.49. The molecule has 0 aliphatic heterocycles. The van der Waals surface area contributed by atoms with Gasteiger partial charge in [0.05, 0.1) is 23.5 Å². The number of para-hydroxylation sites is 1. The minimum atomic E-state index is -0.0756. The number of unbranched alkanes of at least 4 members (excludes halogenated alkanes) is 1. The highest BCUT2D eigenvalue weighted by atomic mass is 35.5. The minimum absolute atomic E-state index is 0.0756. The Morgan fingerprint density at radius 1 is 1.16 bits per heavy atom. The fourth-order valence-corrected chi connectivity index (χ4v) is 3.64. The van der Waals surface area contributed by atoms with Gasteiger partial charge in [-0.2, -0.15) is 5.26 Å². The maximum absolute atomic E-state index is 13.0. The van der Waals surface area contributed by atoms with Crippen molar-refractivity contribution in [3.05, 3.63) is 69.5 Å². The zero-order valence-corrected chi connectivity index (χ0v) is 15.1. The molecule has 0 aliphatic carbocycles. The molecule has 0 fully saturated rings. The van der Waals surface area contributed by atoms with E-state index in [-0.39, 0.29) is 5.56 Å². The second kappa shape index (κ2) is 8.19. The minimum Gasteiger partial charge on any atom is -0.283 e. The van der Waals surface area contributed by atoms with Crippen LogP contribution in [0.25, 0.3) is 10.9 Å². The molecule has 3 rings (SSSR count). The van der Waals surface area contributed by atoms with E-state index < -0.39 is 0 Å². The molecular weight excluding hydrogens is 354 g/mol. The number of nitriles is 1. The Bertz CT molecular complexity index is 994. The van der Waals surface area contributed by atoms with Crippen LogP contribution < -0.4 is 5.56 Å². The monoisotopic (exact) mass is 369 g/mol. The van der Waals surface area contributed by atoms with Crippen molar-refractivity contribution in [1.29, 1.82) is 5.26 Å². The number of hydrogen-bond donors (Lipinski definition) is 0. The molecule has 1 aromatic heterocycles. The molecule has 126 valence electrons. The first-order valence-corrected chi connectivity index (χ1v) is 9.30. The summed E-state index contributed by atoms with van der Waals surface area (Å²) >= 11 is 7.76. The molecule has 25 heavy (non-hydrogen) atoms. The smallest absolute Gasteiger partial charge is 0.262 e. The van der Waals surface area contributed by atoms with Crippen molar-refractivity contribution in [3.63, 3.8) is 0 Å². The second-order valence-electron chi connectivity index (χ2n) is 5.50. The van der Waals surface area contributed by atoms with Gasteiger partial charge in [0.1, 0.15) is 0 Å². The molecule has 1 heterocycles. The molecule has 0 spiro atoms. The standard InChI is InChI=1S/C19H16ClN3OS/c20-16-9-3-1-7-14(16)13-23-18(24)15-8-2-4-10-17(15)22-19(23)25-12-6-5-11-21/h1-4,7-10H,5-6,12-13H2. The van der Waals surface area contributed by atoms with E-state index in [1.54, 1.807) is 10.6 Å². The Hall–Kier alpha value is -2.29. The lowest BCUT2D eigenvalue weighted by Gasteiger charge is -2.13. The Balaban J connectivity index is 2.04. The van der Waals surface area contributed by atoms with E-state index in [1.165, 1.54) is 11.8 Å². The van der Waals surface area contributed by atoms with Gasteiger partial charge >= 0.3 is 0 Å². The fourth-order valence-electron chi connectivity index (χ4n) is 2.51. The van der Waals surface area contributed by atoms with Crippen LogP contribution in [-0.2, 0) is 6.54 Å². The number of benzene rings is 2. The van der Waals surface area contributed by atoms with Crippen molar-refractivity contribution in [3.8, 4) is 6.07 Å². The van der Waals surface area contributed by atoms with Gasteiger partial charge in [-0.15, -0.1) is 0 Å². The Morgan fingerprint density at radius 2 is 1.92 bits per heavy atom. The van der Waals surface area contributed by atoms with Gasteiger partial charge in [0, 0.05) is 17.2 Å². The SMILES string of the molecule is N#CCCCSc1nc2ccccc2c(=O)n1Cc1ccccc1Cl. The highest BCUT2D eigenvalue weighted by Crippen LogP contribution is 2.22. The summed E-state index contributed by atoms with van der Waals surface area (Å²) in [5.41, 5.74) is 1.49. The van der Waals surface area contributed by atoms with E-state index in [9.17, 15) is 4.79 Å². The Morgan fingerprint density at radius 3 is 2.72 bits per heavy atom. The van der Waals surface area contributed by atoms with E-state index in [2.05, 4.69) is 11.1 Å². The highest BCUT2D eigenvalue weighted by molar-refractivity contribution is 7.99. The molecule has 2 aromatic carbocycles. The summed E-state index contributed by atoms with van der Waals surface area (Å²) in [5, 5.41) is 10.6. The summed E-state index contributed by atoms with van der Waals surface area (Å²) in [6, 6.07) is 17.0. The third kappa shape index (κ3) is 4.04. The molecule has 4 nitrogen and oxygen atoms in total. The topological polar surface area (TPSA) is 58.7 Å². The lowest BCUT2D eigenvalue weighted by molar-refractivity contribution is 0.658. The van der Waals surface area contributed by atoms with Crippen LogP contribution in [0.2, 0.25) is 5.02 Å². The van der Waals surface area contributed by atoms with Gasteiger partial charge in [0.15, 0.2) is 5.16 Å². The van der Waals surface area contributed by atoms with E-state index in [0.717, 1.165) is 17.7 Å². The normalized spacial score (nSPS) is 10.7. The molecule has 0 bridgehead atoms. The lowest BCUT2D eigenvalue weighted by atomic mass is 10.2. The lowest BCUT2D eigenvalue weighted by Crippen LogP contribution is -2.24. The first kappa shape index (κ1) is 17.5. The van der Waals surface area contributed by atoms with Crippen LogP contribution in [0.15, 0.2) is 58.5 Å². The van der Waals surface area contributed by atoms with Crippen LogP contribution in [0.1, 0.15) is 18.4 Å². The quantitative estimate of drug-likeness (QED) is 0.365. The van der Waals surface area contributed by atoms with Crippen molar-refractivity contribution in [2.45, 2.75) is 24.5 Å². The van der Waals surface area contributed by atoms with Gasteiger partial charge in [0.25, 0.3) is 5.56 Å². The average Bonchev–Trinajstić information content (AvgIpc) is 2.63. The summed E-state index contributed by atoms with van der Waals surface area (Å²) in [7, 11) is 0.